The topological polar surface area (TPSA) is 45.6 Å². The van der Waals surface area contributed by atoms with Gasteiger partial charge in [0.1, 0.15) is 0 Å². The van der Waals surface area contributed by atoms with Gasteiger partial charge in [0.05, 0.1) is 12.2 Å². The van der Waals surface area contributed by atoms with E-state index in [2.05, 4.69) is 72.7 Å². The molecule has 0 amide bonds. The Morgan fingerprint density at radius 1 is 1.09 bits per heavy atom. The lowest BCUT2D eigenvalue weighted by molar-refractivity contribution is 0.882. The first-order chi connectivity index (χ1) is 11.0. The largest absolute Gasteiger partial charge is 0.378 e. The van der Waals surface area contributed by atoms with Crippen LogP contribution < -0.4 is 5.32 Å². The summed E-state index contributed by atoms with van der Waals surface area (Å²) in [6.07, 6.45) is 0. The van der Waals surface area contributed by atoms with E-state index in [1.807, 2.05) is 10.6 Å². The van der Waals surface area contributed by atoms with Crippen molar-refractivity contribution in [3.05, 3.63) is 69.8 Å². The van der Waals surface area contributed by atoms with Gasteiger partial charge < -0.3 is 5.32 Å². The summed E-state index contributed by atoms with van der Waals surface area (Å²) in [6, 6.07) is 14.6. The van der Waals surface area contributed by atoms with Crippen molar-refractivity contribution in [2.75, 3.05) is 5.32 Å². The number of nitrogens with zero attached hydrogens (tertiary/aromatic N) is 2. The van der Waals surface area contributed by atoms with Gasteiger partial charge in [0.2, 0.25) is 0 Å². The molecular weight excluding hydrogens is 304 g/mol. The van der Waals surface area contributed by atoms with Gasteiger partial charge in [-0.15, -0.1) is 0 Å². The summed E-state index contributed by atoms with van der Waals surface area (Å²) in [5, 5.41) is 10.7. The molecule has 0 saturated carbocycles. The van der Waals surface area contributed by atoms with Crippen LogP contribution in [0.2, 0.25) is 0 Å². The van der Waals surface area contributed by atoms with E-state index in [1.54, 1.807) is 0 Å². The molecule has 3 rings (SSSR count). The molecule has 23 heavy (non-hydrogen) atoms. The van der Waals surface area contributed by atoms with E-state index in [0.29, 0.717) is 11.3 Å². The molecule has 2 N–H and O–H groups in total. The van der Waals surface area contributed by atoms with Crippen LogP contribution in [0.25, 0.3) is 5.69 Å². The molecule has 1 aromatic heterocycles. The van der Waals surface area contributed by atoms with Crippen molar-refractivity contribution in [3.8, 4) is 5.69 Å². The minimum atomic E-state index is 0.601. The maximum Gasteiger partial charge on any atom is 0.199 e. The maximum atomic E-state index is 5.43. The summed E-state index contributed by atoms with van der Waals surface area (Å²) in [6.45, 7) is 6.85. The van der Waals surface area contributed by atoms with Crippen LogP contribution >= 0.6 is 12.2 Å². The molecule has 1 heterocycles. The van der Waals surface area contributed by atoms with Gasteiger partial charge in [-0.05, 0) is 67.9 Å². The average molecular weight is 324 g/mol. The van der Waals surface area contributed by atoms with Gasteiger partial charge in [-0.25, -0.2) is 0 Å². The molecule has 4 nitrogen and oxygen atoms in total. The van der Waals surface area contributed by atoms with Crippen LogP contribution in [-0.2, 0) is 6.54 Å². The number of rotatable bonds is 4. The number of hydrogen-bond acceptors (Lipinski definition) is 3. The Morgan fingerprint density at radius 3 is 2.65 bits per heavy atom. The maximum absolute atomic E-state index is 5.43. The zero-order valence-electron chi connectivity index (χ0n) is 13.6. The van der Waals surface area contributed by atoms with Gasteiger partial charge in [0.15, 0.2) is 10.6 Å². The molecular formula is C18H20N4S. The Labute approximate surface area is 141 Å². The fraction of sp³-hybridized carbons (Fsp3) is 0.222. The monoisotopic (exact) mass is 324 g/mol. The predicted molar refractivity (Wildman–Crippen MR) is 96.7 cm³/mol. The Kier molecular flexibility index (Phi) is 4.30. The van der Waals surface area contributed by atoms with Crippen LogP contribution in [0.1, 0.15) is 22.5 Å². The van der Waals surface area contributed by atoms with Gasteiger partial charge in [0, 0.05) is 5.69 Å². The Balaban J connectivity index is 1.93. The van der Waals surface area contributed by atoms with Crippen LogP contribution in [-0.4, -0.2) is 14.8 Å². The average Bonchev–Trinajstić information content (AvgIpc) is 2.88. The van der Waals surface area contributed by atoms with Gasteiger partial charge in [0.25, 0.3) is 0 Å². The molecule has 0 atom stereocenters. The van der Waals surface area contributed by atoms with E-state index in [9.17, 15) is 0 Å². The predicted octanol–water partition coefficient (Wildman–Crippen LogP) is 4.47. The van der Waals surface area contributed by atoms with Gasteiger partial charge in [-0.2, -0.15) is 5.10 Å². The quantitative estimate of drug-likeness (QED) is 0.696. The van der Waals surface area contributed by atoms with Crippen molar-refractivity contribution in [2.45, 2.75) is 27.3 Å². The molecule has 5 heteroatoms. The normalized spacial score (nSPS) is 10.7. The zero-order valence-corrected chi connectivity index (χ0v) is 14.4. The van der Waals surface area contributed by atoms with Crippen molar-refractivity contribution in [3.63, 3.8) is 0 Å². The molecule has 0 fully saturated rings. The number of benzene rings is 2. The minimum Gasteiger partial charge on any atom is -0.378 e. The second kappa shape index (κ2) is 6.38. The molecule has 0 bridgehead atoms. The smallest absolute Gasteiger partial charge is 0.199 e. The number of anilines is 1. The Hall–Kier alpha value is -2.40. The number of hydrogen-bond donors (Lipinski definition) is 2. The number of aromatic nitrogens is 3. The Morgan fingerprint density at radius 2 is 1.87 bits per heavy atom. The van der Waals surface area contributed by atoms with Gasteiger partial charge in [-0.3, -0.25) is 9.67 Å². The van der Waals surface area contributed by atoms with Crippen LogP contribution in [0.3, 0.4) is 0 Å². The van der Waals surface area contributed by atoms with Crippen molar-refractivity contribution >= 4 is 17.9 Å². The standard InChI is InChI=1S/C18H20N4S/c1-12-5-4-6-15(9-12)19-11-17-20-21-18(23)22(17)16-10-13(2)7-8-14(16)3/h4-10,19H,11H2,1-3H3,(H,21,23). The first-order valence-corrected chi connectivity index (χ1v) is 8.00. The number of aromatic amines is 1. The molecule has 2 aromatic carbocycles. The van der Waals surface area contributed by atoms with E-state index in [-0.39, 0.29) is 0 Å². The summed E-state index contributed by atoms with van der Waals surface area (Å²) in [5.41, 5.74) is 5.75. The summed E-state index contributed by atoms with van der Waals surface area (Å²) < 4.78 is 2.61. The highest BCUT2D eigenvalue weighted by Gasteiger charge is 2.10. The molecule has 0 spiro atoms. The fourth-order valence-corrected chi connectivity index (χ4v) is 2.84. The van der Waals surface area contributed by atoms with Crippen molar-refractivity contribution in [1.82, 2.24) is 14.8 Å². The lowest BCUT2D eigenvalue weighted by Crippen LogP contribution is -2.09. The second-order valence-electron chi connectivity index (χ2n) is 5.79. The van der Waals surface area contributed by atoms with E-state index in [4.69, 9.17) is 12.2 Å². The highest BCUT2D eigenvalue weighted by atomic mass is 32.1. The molecule has 3 aromatic rings. The molecule has 0 aliphatic heterocycles. The fourth-order valence-electron chi connectivity index (χ4n) is 2.59. The molecule has 0 aliphatic rings. The van der Waals surface area contributed by atoms with Crippen LogP contribution in [0, 0.1) is 25.5 Å². The highest BCUT2D eigenvalue weighted by Crippen LogP contribution is 2.19. The van der Waals surface area contributed by atoms with Crippen LogP contribution in [0.5, 0.6) is 0 Å². The third-order valence-electron chi connectivity index (χ3n) is 3.82. The SMILES string of the molecule is Cc1cccc(NCc2n[nH]c(=S)n2-c2cc(C)ccc2C)c1. The summed E-state index contributed by atoms with van der Waals surface area (Å²) in [4.78, 5) is 0. The molecule has 0 radical (unpaired) electrons. The Bertz CT molecular complexity index is 892. The van der Waals surface area contributed by atoms with E-state index >= 15 is 0 Å². The first kappa shape index (κ1) is 15.5. The van der Waals surface area contributed by atoms with Crippen molar-refractivity contribution in [2.24, 2.45) is 0 Å². The lowest BCUT2D eigenvalue weighted by atomic mass is 10.1. The molecule has 0 saturated heterocycles. The zero-order chi connectivity index (χ0) is 16.4. The van der Waals surface area contributed by atoms with Gasteiger partial charge >= 0.3 is 0 Å². The summed E-state index contributed by atoms with van der Waals surface area (Å²) in [5.74, 6) is 0.866. The third kappa shape index (κ3) is 3.35. The molecule has 118 valence electrons. The van der Waals surface area contributed by atoms with Crippen LogP contribution in [0.4, 0.5) is 5.69 Å². The number of nitrogens with one attached hydrogen (secondary N) is 2. The van der Waals surface area contributed by atoms with Crippen molar-refractivity contribution < 1.29 is 0 Å². The molecule has 0 aliphatic carbocycles. The lowest BCUT2D eigenvalue weighted by Gasteiger charge is -2.12. The first-order valence-electron chi connectivity index (χ1n) is 7.59. The van der Waals surface area contributed by atoms with Crippen LogP contribution in [0.15, 0.2) is 42.5 Å². The number of aryl methyl sites for hydroxylation is 3. The van der Waals surface area contributed by atoms with E-state index < -0.39 is 0 Å². The van der Waals surface area contributed by atoms with E-state index in [1.165, 1.54) is 16.7 Å². The van der Waals surface area contributed by atoms with Gasteiger partial charge in [-0.1, -0.05) is 24.3 Å². The minimum absolute atomic E-state index is 0.601. The summed E-state index contributed by atoms with van der Waals surface area (Å²) >= 11 is 5.43. The number of H-pyrrole nitrogens is 1. The highest BCUT2D eigenvalue weighted by molar-refractivity contribution is 7.71. The van der Waals surface area contributed by atoms with Crippen molar-refractivity contribution in [1.29, 1.82) is 0 Å². The van der Waals surface area contributed by atoms with E-state index in [0.717, 1.165) is 17.2 Å². The molecule has 0 unspecified atom stereocenters. The third-order valence-corrected chi connectivity index (χ3v) is 4.09. The summed E-state index contributed by atoms with van der Waals surface area (Å²) in [7, 11) is 0. The second-order valence-corrected chi connectivity index (χ2v) is 6.18.